The van der Waals surface area contributed by atoms with Crippen LogP contribution in [0.4, 0.5) is 5.95 Å². The van der Waals surface area contributed by atoms with E-state index in [-0.39, 0.29) is 0 Å². The van der Waals surface area contributed by atoms with Gasteiger partial charge in [0.15, 0.2) is 11.5 Å². The van der Waals surface area contributed by atoms with Crippen LogP contribution >= 0.6 is 55.2 Å². The molecule has 1 aromatic heterocycles. The number of hydrogen-bond donors (Lipinski definition) is 1. The Bertz CT molecular complexity index is 1660. The molecule has 1 unspecified atom stereocenters. The van der Waals surface area contributed by atoms with Gasteiger partial charge in [0.05, 0.1) is 23.8 Å². The average Bonchev–Trinajstić information content (AvgIpc) is 3.40. The van der Waals surface area contributed by atoms with Gasteiger partial charge >= 0.3 is 5.97 Å². The van der Waals surface area contributed by atoms with Gasteiger partial charge in [0.25, 0.3) is 0 Å². The van der Waals surface area contributed by atoms with E-state index in [1.54, 1.807) is 11.8 Å². The van der Waals surface area contributed by atoms with Crippen molar-refractivity contribution in [1.82, 2.24) is 14.8 Å². The van der Waals surface area contributed by atoms with E-state index in [4.69, 9.17) is 35.9 Å². The van der Waals surface area contributed by atoms with Crippen LogP contribution in [0.25, 0.3) is 0 Å². The summed E-state index contributed by atoms with van der Waals surface area (Å²) < 4.78 is 20.9. The molecule has 8 nitrogen and oxygen atoms in total. The number of fused-ring (bicyclic) bond motifs is 1. The van der Waals surface area contributed by atoms with E-state index >= 15 is 0 Å². The van der Waals surface area contributed by atoms with Crippen molar-refractivity contribution in [2.45, 2.75) is 43.8 Å². The number of carbonyl (C=O) groups is 1. The zero-order valence-corrected chi connectivity index (χ0v) is 28.4. The molecule has 0 saturated carbocycles. The summed E-state index contributed by atoms with van der Waals surface area (Å²) >= 11 is 15.0. The lowest BCUT2D eigenvalue weighted by Crippen LogP contribution is -2.30. The zero-order valence-electron chi connectivity index (χ0n) is 23.7. The van der Waals surface area contributed by atoms with Crippen LogP contribution in [-0.4, -0.2) is 34.5 Å². The Balaban J connectivity index is 1.50. The summed E-state index contributed by atoms with van der Waals surface area (Å²) in [6, 6.07) is 18.7. The maximum atomic E-state index is 13.4. The zero-order chi connectivity index (χ0) is 30.5. The molecule has 4 aromatic rings. The maximum absolute atomic E-state index is 13.4. The smallest absolute Gasteiger partial charge is 0.338 e. The topological polar surface area (TPSA) is 87.5 Å². The second-order valence-electron chi connectivity index (χ2n) is 9.69. The maximum Gasteiger partial charge on any atom is 0.338 e. The van der Waals surface area contributed by atoms with Crippen molar-refractivity contribution in [3.05, 3.63) is 103 Å². The number of rotatable bonds is 11. The highest BCUT2D eigenvalue weighted by Gasteiger charge is 2.36. The third kappa shape index (κ3) is 7.22. The number of anilines is 1. The summed E-state index contributed by atoms with van der Waals surface area (Å²) in [7, 11) is 1.59. The van der Waals surface area contributed by atoms with E-state index in [9.17, 15) is 4.79 Å². The average molecular weight is 749 g/mol. The Kier molecular flexibility index (Phi) is 10.4. The van der Waals surface area contributed by atoms with Crippen LogP contribution < -0.4 is 14.8 Å². The van der Waals surface area contributed by atoms with E-state index < -0.39 is 12.0 Å². The summed E-state index contributed by atoms with van der Waals surface area (Å²) in [5, 5.41) is 9.31. The highest BCUT2D eigenvalue weighted by Crippen LogP contribution is 2.43. The first-order chi connectivity index (χ1) is 20.8. The summed E-state index contributed by atoms with van der Waals surface area (Å²) in [6.07, 6.45) is 0.706. The molecule has 0 aliphatic carbocycles. The molecule has 5 rings (SSSR count). The fraction of sp³-hybridized carbons (Fsp3) is 0.258. The molecule has 0 bridgehead atoms. The van der Waals surface area contributed by atoms with Crippen LogP contribution in [0.15, 0.2) is 86.0 Å². The summed E-state index contributed by atoms with van der Waals surface area (Å²) in [4.78, 5) is 18.2. The fourth-order valence-electron chi connectivity index (χ4n) is 4.57. The first-order valence-corrected chi connectivity index (χ1v) is 16.5. The number of ether oxygens (including phenoxy) is 3. The van der Waals surface area contributed by atoms with Gasteiger partial charge in [-0.1, -0.05) is 76.5 Å². The fourth-order valence-corrected chi connectivity index (χ4v) is 6.52. The van der Waals surface area contributed by atoms with Gasteiger partial charge in [-0.2, -0.15) is 4.98 Å². The minimum Gasteiger partial charge on any atom is -0.493 e. The number of hydrogen-bond acceptors (Lipinski definition) is 8. The van der Waals surface area contributed by atoms with Gasteiger partial charge in [-0.05, 0) is 76.3 Å². The minimum atomic E-state index is -0.631. The molecule has 0 spiro atoms. The van der Waals surface area contributed by atoms with Crippen molar-refractivity contribution in [2.75, 3.05) is 19.0 Å². The lowest BCUT2D eigenvalue weighted by Gasteiger charge is -2.28. The van der Waals surface area contributed by atoms with Crippen molar-refractivity contribution in [3.63, 3.8) is 0 Å². The molecule has 12 heteroatoms. The number of nitrogens with one attached hydrogen (secondary N) is 1. The van der Waals surface area contributed by atoms with Gasteiger partial charge in [0.2, 0.25) is 11.1 Å². The van der Waals surface area contributed by atoms with Gasteiger partial charge in [-0.3, -0.25) is 0 Å². The number of allylic oxidation sites excluding steroid dienone is 1. The first-order valence-electron chi connectivity index (χ1n) is 13.5. The van der Waals surface area contributed by atoms with Gasteiger partial charge in [-0.25, -0.2) is 9.48 Å². The van der Waals surface area contributed by atoms with E-state index in [0.29, 0.717) is 68.8 Å². The molecule has 224 valence electrons. The summed E-state index contributed by atoms with van der Waals surface area (Å²) in [5.74, 6) is 1.74. The van der Waals surface area contributed by atoms with E-state index in [1.807, 2.05) is 74.5 Å². The molecule has 2 heterocycles. The van der Waals surface area contributed by atoms with Crippen molar-refractivity contribution >= 4 is 67.1 Å². The quantitative estimate of drug-likeness (QED) is 0.121. The third-order valence-electron chi connectivity index (χ3n) is 6.67. The Morgan fingerprint density at radius 1 is 1.14 bits per heavy atom. The standard InChI is InChI=1S/C31H29Br2ClN4O4S/c1-4-13-41-29(39)26-18(2)35-30-36-31(43-17-20-7-5-6-8-24(20)34)37-38(30)27(26)21-14-23(33)28(25(15-21)40-3)42-16-19-9-11-22(32)12-10-19/h5-12,14-15,27H,4,13,16-17H2,1-3H3,(H,35,36,37). The molecule has 1 aliphatic heterocycles. The molecular formula is C31H29Br2ClN4O4S. The number of thioether (sulfide) groups is 1. The second kappa shape index (κ2) is 14.2. The monoisotopic (exact) mass is 746 g/mol. The number of carbonyl (C=O) groups excluding carboxylic acids is 1. The van der Waals surface area contributed by atoms with Gasteiger partial charge in [-0.15, -0.1) is 5.10 Å². The third-order valence-corrected chi connectivity index (χ3v) is 9.04. The first kappa shape index (κ1) is 31.4. The molecule has 0 saturated heterocycles. The van der Waals surface area contributed by atoms with Crippen LogP contribution in [0.1, 0.15) is 43.0 Å². The number of esters is 1. The molecule has 43 heavy (non-hydrogen) atoms. The van der Waals surface area contributed by atoms with Crippen molar-refractivity contribution in [2.24, 2.45) is 0 Å². The molecule has 1 aliphatic rings. The van der Waals surface area contributed by atoms with Gasteiger partial charge in [0.1, 0.15) is 12.6 Å². The second-order valence-corrected chi connectivity index (χ2v) is 12.8. The lowest BCUT2D eigenvalue weighted by molar-refractivity contribution is -0.139. The van der Waals surface area contributed by atoms with Gasteiger partial charge < -0.3 is 19.5 Å². The van der Waals surface area contributed by atoms with Crippen LogP contribution in [0, 0.1) is 0 Å². The normalized spacial score (nSPS) is 14.2. The minimum absolute atomic E-state index is 0.307. The number of benzene rings is 3. The molecule has 0 radical (unpaired) electrons. The van der Waals surface area contributed by atoms with Crippen molar-refractivity contribution in [3.8, 4) is 11.5 Å². The van der Waals surface area contributed by atoms with Gasteiger partial charge in [0, 0.05) is 20.9 Å². The highest BCUT2D eigenvalue weighted by atomic mass is 79.9. The molecule has 1 atom stereocenters. The number of methoxy groups -OCH3 is 1. The predicted molar refractivity (Wildman–Crippen MR) is 176 cm³/mol. The number of aromatic nitrogens is 3. The van der Waals surface area contributed by atoms with E-state index in [1.165, 1.54) is 11.8 Å². The summed E-state index contributed by atoms with van der Waals surface area (Å²) in [6.45, 7) is 4.45. The van der Waals surface area contributed by atoms with E-state index in [0.717, 1.165) is 21.2 Å². The van der Waals surface area contributed by atoms with Crippen molar-refractivity contribution < 1.29 is 19.0 Å². The lowest BCUT2D eigenvalue weighted by atomic mass is 9.95. The Hall–Kier alpha value is -2.99. The molecule has 1 N–H and O–H groups in total. The van der Waals surface area contributed by atoms with Crippen LogP contribution in [-0.2, 0) is 21.9 Å². The van der Waals surface area contributed by atoms with Crippen LogP contribution in [0.5, 0.6) is 11.5 Å². The predicted octanol–water partition coefficient (Wildman–Crippen LogP) is 8.58. The SMILES string of the molecule is CCCOC(=O)C1=C(C)Nc2nc(SCc3ccccc3Cl)nn2C1c1cc(Br)c(OCc2ccc(Br)cc2)c(OC)c1. The molecule has 0 amide bonds. The Labute approximate surface area is 276 Å². The number of nitrogens with zero attached hydrogens (tertiary/aromatic N) is 3. The van der Waals surface area contributed by atoms with Crippen LogP contribution in [0.2, 0.25) is 5.02 Å². The Morgan fingerprint density at radius 3 is 2.63 bits per heavy atom. The van der Waals surface area contributed by atoms with Crippen LogP contribution in [0.3, 0.4) is 0 Å². The number of halogens is 3. The molecular weight excluding hydrogens is 720 g/mol. The highest BCUT2D eigenvalue weighted by molar-refractivity contribution is 9.10. The largest absolute Gasteiger partial charge is 0.493 e. The van der Waals surface area contributed by atoms with Crippen molar-refractivity contribution in [1.29, 1.82) is 0 Å². The molecule has 3 aromatic carbocycles. The van der Waals surface area contributed by atoms with E-state index in [2.05, 4.69) is 37.2 Å². The summed E-state index contributed by atoms with van der Waals surface area (Å²) in [5.41, 5.74) is 3.81. The molecule has 0 fully saturated rings. The Morgan fingerprint density at radius 2 is 1.91 bits per heavy atom.